The highest BCUT2D eigenvalue weighted by atomic mass is 79.9. The fraction of sp³-hybridized carbons (Fsp3) is 0.278. The van der Waals surface area contributed by atoms with Gasteiger partial charge in [-0.15, -0.1) is 0 Å². The van der Waals surface area contributed by atoms with Gasteiger partial charge in [-0.3, -0.25) is 4.79 Å². The fourth-order valence-electron chi connectivity index (χ4n) is 2.85. The molecule has 1 aliphatic rings. The average Bonchev–Trinajstić information content (AvgIpc) is 2.62. The molecule has 0 spiro atoms. The van der Waals surface area contributed by atoms with E-state index in [1.54, 1.807) is 17.0 Å². The van der Waals surface area contributed by atoms with Gasteiger partial charge in [0.1, 0.15) is 0 Å². The maximum atomic E-state index is 12.6. The van der Waals surface area contributed by atoms with Gasteiger partial charge in [0.25, 0.3) is 5.91 Å². The number of rotatable bonds is 4. The lowest BCUT2D eigenvalue weighted by atomic mass is 10.2. The Kier molecular flexibility index (Phi) is 5.56. The standard InChI is InChI=1S/C18H19BrN2O3S/c19-17-8-4-7-16(13-17)18(22)20-9-11-21(12-10-20)25(23,24)14-15-5-2-1-3-6-15/h1-8,13H,9-12,14H2. The fourth-order valence-corrected chi connectivity index (χ4v) is 4.76. The van der Waals surface area contributed by atoms with Crippen molar-refractivity contribution in [3.05, 3.63) is 70.2 Å². The van der Waals surface area contributed by atoms with Gasteiger partial charge in [0.2, 0.25) is 10.0 Å². The summed E-state index contributed by atoms with van der Waals surface area (Å²) in [6.45, 7) is 1.46. The topological polar surface area (TPSA) is 57.7 Å². The second-order valence-electron chi connectivity index (χ2n) is 5.94. The molecule has 2 aromatic carbocycles. The normalized spacial score (nSPS) is 16.0. The maximum absolute atomic E-state index is 12.6. The monoisotopic (exact) mass is 422 g/mol. The van der Waals surface area contributed by atoms with Crippen LogP contribution in [-0.2, 0) is 15.8 Å². The number of amides is 1. The molecule has 0 aliphatic carbocycles. The highest BCUT2D eigenvalue weighted by molar-refractivity contribution is 9.10. The highest BCUT2D eigenvalue weighted by Crippen LogP contribution is 2.17. The number of sulfonamides is 1. The Morgan fingerprint density at radius 1 is 0.960 bits per heavy atom. The largest absolute Gasteiger partial charge is 0.336 e. The lowest BCUT2D eigenvalue weighted by Crippen LogP contribution is -2.50. The van der Waals surface area contributed by atoms with Crippen molar-refractivity contribution in [3.63, 3.8) is 0 Å². The van der Waals surface area contributed by atoms with Gasteiger partial charge in [-0.2, -0.15) is 4.31 Å². The molecular formula is C18H19BrN2O3S. The quantitative estimate of drug-likeness (QED) is 0.760. The zero-order valence-electron chi connectivity index (χ0n) is 13.6. The Morgan fingerprint density at radius 2 is 1.64 bits per heavy atom. The molecule has 1 aliphatic heterocycles. The first-order valence-electron chi connectivity index (χ1n) is 8.02. The summed E-state index contributed by atoms with van der Waals surface area (Å²) in [5, 5.41) is 0. The third kappa shape index (κ3) is 4.48. The van der Waals surface area contributed by atoms with E-state index in [0.29, 0.717) is 31.7 Å². The number of carbonyl (C=O) groups is 1. The van der Waals surface area contributed by atoms with E-state index in [2.05, 4.69) is 15.9 Å². The van der Waals surface area contributed by atoms with Gasteiger partial charge in [0.05, 0.1) is 5.75 Å². The molecule has 1 amide bonds. The maximum Gasteiger partial charge on any atom is 0.253 e. The first-order chi connectivity index (χ1) is 12.0. The second kappa shape index (κ2) is 7.68. The molecule has 132 valence electrons. The molecule has 0 atom stereocenters. The van der Waals surface area contributed by atoms with Crippen LogP contribution in [0.2, 0.25) is 0 Å². The van der Waals surface area contributed by atoms with Gasteiger partial charge in [0.15, 0.2) is 0 Å². The first kappa shape index (κ1) is 18.1. The highest BCUT2D eigenvalue weighted by Gasteiger charge is 2.29. The summed E-state index contributed by atoms with van der Waals surface area (Å²) >= 11 is 3.36. The first-order valence-corrected chi connectivity index (χ1v) is 10.4. The molecule has 0 bridgehead atoms. The summed E-state index contributed by atoms with van der Waals surface area (Å²) in [7, 11) is -3.37. The summed E-state index contributed by atoms with van der Waals surface area (Å²) in [5.74, 6) is -0.0747. The van der Waals surface area contributed by atoms with Crippen molar-refractivity contribution in [2.45, 2.75) is 5.75 Å². The lowest BCUT2D eigenvalue weighted by Gasteiger charge is -2.34. The van der Waals surface area contributed by atoms with Crippen molar-refractivity contribution in [2.75, 3.05) is 26.2 Å². The van der Waals surface area contributed by atoms with E-state index in [9.17, 15) is 13.2 Å². The minimum absolute atomic E-state index is 0.00653. The summed E-state index contributed by atoms with van der Waals surface area (Å²) in [6.07, 6.45) is 0. The van der Waals surface area contributed by atoms with Crippen LogP contribution in [0.25, 0.3) is 0 Å². The molecule has 5 nitrogen and oxygen atoms in total. The van der Waals surface area contributed by atoms with Crippen LogP contribution in [-0.4, -0.2) is 49.7 Å². The zero-order chi connectivity index (χ0) is 17.9. The van der Waals surface area contributed by atoms with E-state index < -0.39 is 10.0 Å². The number of piperazine rings is 1. The van der Waals surface area contributed by atoms with Crippen molar-refractivity contribution in [1.29, 1.82) is 0 Å². The van der Waals surface area contributed by atoms with Crippen LogP contribution < -0.4 is 0 Å². The predicted octanol–water partition coefficient (Wildman–Crippen LogP) is 2.74. The van der Waals surface area contributed by atoms with E-state index in [1.165, 1.54) is 4.31 Å². The molecule has 25 heavy (non-hydrogen) atoms. The molecule has 0 unspecified atom stereocenters. The van der Waals surface area contributed by atoms with Crippen molar-refractivity contribution in [2.24, 2.45) is 0 Å². The lowest BCUT2D eigenvalue weighted by molar-refractivity contribution is 0.0697. The second-order valence-corrected chi connectivity index (χ2v) is 8.83. The number of carbonyl (C=O) groups excluding carboxylic acids is 1. The number of halogens is 1. The Hall–Kier alpha value is -1.70. The van der Waals surface area contributed by atoms with Gasteiger partial charge >= 0.3 is 0 Å². The van der Waals surface area contributed by atoms with Crippen molar-refractivity contribution in [3.8, 4) is 0 Å². The Bertz CT molecular complexity index is 848. The van der Waals surface area contributed by atoms with Crippen LogP contribution >= 0.6 is 15.9 Å². The smallest absolute Gasteiger partial charge is 0.253 e. The van der Waals surface area contributed by atoms with Crippen LogP contribution in [0.1, 0.15) is 15.9 Å². The molecule has 7 heteroatoms. The van der Waals surface area contributed by atoms with Gasteiger partial charge in [-0.1, -0.05) is 52.3 Å². The molecule has 3 rings (SSSR count). The van der Waals surface area contributed by atoms with Crippen LogP contribution in [0.15, 0.2) is 59.1 Å². The van der Waals surface area contributed by atoms with Crippen molar-refractivity contribution in [1.82, 2.24) is 9.21 Å². The minimum atomic E-state index is -3.37. The molecule has 2 aromatic rings. The number of benzene rings is 2. The molecule has 0 radical (unpaired) electrons. The molecule has 1 heterocycles. The van der Waals surface area contributed by atoms with Crippen LogP contribution in [0.5, 0.6) is 0 Å². The average molecular weight is 423 g/mol. The predicted molar refractivity (Wildman–Crippen MR) is 101 cm³/mol. The van der Waals surface area contributed by atoms with Gasteiger partial charge in [-0.05, 0) is 23.8 Å². The zero-order valence-corrected chi connectivity index (χ0v) is 16.0. The summed E-state index contributed by atoms with van der Waals surface area (Å²) in [5.41, 5.74) is 1.38. The third-order valence-electron chi connectivity index (χ3n) is 4.18. The van der Waals surface area contributed by atoms with Crippen molar-refractivity contribution < 1.29 is 13.2 Å². The van der Waals surface area contributed by atoms with E-state index in [0.717, 1.165) is 10.0 Å². The third-order valence-corrected chi connectivity index (χ3v) is 6.53. The van der Waals surface area contributed by atoms with E-state index in [1.807, 2.05) is 42.5 Å². The van der Waals surface area contributed by atoms with Gasteiger partial charge < -0.3 is 4.90 Å². The van der Waals surface area contributed by atoms with Gasteiger partial charge in [0, 0.05) is 36.2 Å². The minimum Gasteiger partial charge on any atom is -0.336 e. The molecule has 0 N–H and O–H groups in total. The SMILES string of the molecule is O=C(c1cccc(Br)c1)N1CCN(S(=O)(=O)Cc2ccccc2)CC1. The van der Waals surface area contributed by atoms with E-state index in [-0.39, 0.29) is 11.7 Å². The van der Waals surface area contributed by atoms with Crippen LogP contribution in [0, 0.1) is 0 Å². The molecule has 1 fully saturated rings. The Morgan fingerprint density at radius 3 is 2.28 bits per heavy atom. The van der Waals surface area contributed by atoms with E-state index in [4.69, 9.17) is 0 Å². The van der Waals surface area contributed by atoms with Gasteiger partial charge in [-0.25, -0.2) is 8.42 Å². The summed E-state index contributed by atoms with van der Waals surface area (Å²) < 4.78 is 27.5. The molecule has 0 saturated carbocycles. The van der Waals surface area contributed by atoms with E-state index >= 15 is 0 Å². The molecular weight excluding hydrogens is 404 g/mol. The Labute approximate surface area is 156 Å². The molecule has 0 aromatic heterocycles. The number of nitrogens with zero attached hydrogens (tertiary/aromatic N) is 2. The summed E-state index contributed by atoms with van der Waals surface area (Å²) in [6, 6.07) is 16.4. The van der Waals surface area contributed by atoms with Crippen LogP contribution in [0.4, 0.5) is 0 Å². The summed E-state index contributed by atoms with van der Waals surface area (Å²) in [4.78, 5) is 14.2. The molecule has 1 saturated heterocycles. The van der Waals surface area contributed by atoms with Crippen molar-refractivity contribution >= 4 is 31.9 Å². The number of hydrogen-bond donors (Lipinski definition) is 0. The number of hydrogen-bond acceptors (Lipinski definition) is 3. The Balaban J connectivity index is 1.62. The van der Waals surface area contributed by atoms with Crippen LogP contribution in [0.3, 0.4) is 0 Å².